The van der Waals surface area contributed by atoms with E-state index in [9.17, 15) is 4.79 Å². The summed E-state index contributed by atoms with van der Waals surface area (Å²) >= 11 is 0. The number of fused-ring (bicyclic) bond motifs is 1. The lowest BCUT2D eigenvalue weighted by Crippen LogP contribution is -2.19. The molecule has 0 bridgehead atoms. The van der Waals surface area contributed by atoms with Gasteiger partial charge < -0.3 is 0 Å². The highest BCUT2D eigenvalue weighted by atomic mass is 16.1. The molecule has 0 amide bonds. The summed E-state index contributed by atoms with van der Waals surface area (Å²) in [5, 5.41) is 12.9. The summed E-state index contributed by atoms with van der Waals surface area (Å²) in [6.07, 6.45) is 0. The number of nitrogens with zero attached hydrogens (tertiary/aromatic N) is 4. The average Bonchev–Trinajstić information content (AvgIpc) is 2.41. The molecule has 0 aliphatic carbocycles. The lowest BCUT2D eigenvalue weighted by Gasteiger charge is -2.01. The van der Waals surface area contributed by atoms with Crippen molar-refractivity contribution in [1.82, 2.24) is 9.66 Å². The largest absolute Gasteiger partial charge is 0.274 e. The molecule has 1 unspecified atom stereocenters. The molecule has 0 N–H and O–H groups in total. The van der Waals surface area contributed by atoms with Crippen LogP contribution in [0.2, 0.25) is 0 Å². The molecular weight excluding hydrogens is 180 g/mol. The second-order valence-corrected chi connectivity index (χ2v) is 3.21. The van der Waals surface area contributed by atoms with Crippen molar-refractivity contribution in [3.63, 3.8) is 0 Å². The van der Waals surface area contributed by atoms with Gasteiger partial charge in [0.15, 0.2) is 5.82 Å². The van der Waals surface area contributed by atoms with Crippen molar-refractivity contribution < 1.29 is 0 Å². The van der Waals surface area contributed by atoms with Gasteiger partial charge in [0.05, 0.1) is 11.8 Å². The molecule has 14 heavy (non-hydrogen) atoms. The summed E-state index contributed by atoms with van der Waals surface area (Å²) in [4.78, 5) is 15.6. The zero-order valence-corrected chi connectivity index (χ0v) is 7.85. The highest BCUT2D eigenvalue weighted by molar-refractivity contribution is 5.92. The highest BCUT2D eigenvalue weighted by Crippen LogP contribution is 2.19. The van der Waals surface area contributed by atoms with Crippen LogP contribution in [0.3, 0.4) is 0 Å². The highest BCUT2D eigenvalue weighted by Gasteiger charge is 2.26. The Morgan fingerprint density at radius 2 is 2.29 bits per heavy atom. The Morgan fingerprint density at radius 3 is 2.93 bits per heavy atom. The van der Waals surface area contributed by atoms with Crippen LogP contribution in [-0.4, -0.2) is 15.4 Å². The summed E-state index contributed by atoms with van der Waals surface area (Å²) in [5.41, 5.74) is 0.999. The van der Waals surface area contributed by atoms with E-state index in [0.29, 0.717) is 17.2 Å². The van der Waals surface area contributed by atoms with E-state index in [-0.39, 0.29) is 5.56 Å². The molecule has 1 aliphatic heterocycles. The van der Waals surface area contributed by atoms with E-state index in [1.807, 2.05) is 0 Å². The molecule has 5 nitrogen and oxygen atoms in total. The van der Waals surface area contributed by atoms with Crippen LogP contribution in [-0.2, 0) is 0 Å². The standard InChI is InChI=1S/C9H8N4O/c1-5-3-8(14)13-9(11-5)7(4-10)6(2)12-13/h3,7H,1-2H3. The van der Waals surface area contributed by atoms with E-state index in [1.165, 1.54) is 10.7 Å². The Labute approximate surface area is 80.3 Å². The molecule has 2 rings (SSSR count). The van der Waals surface area contributed by atoms with Crippen LogP contribution in [0.15, 0.2) is 16.0 Å². The van der Waals surface area contributed by atoms with Gasteiger partial charge >= 0.3 is 0 Å². The van der Waals surface area contributed by atoms with Gasteiger partial charge in [0, 0.05) is 11.8 Å². The molecular formula is C9H8N4O. The van der Waals surface area contributed by atoms with Crippen molar-refractivity contribution in [3.05, 3.63) is 27.9 Å². The van der Waals surface area contributed by atoms with Crippen molar-refractivity contribution in [3.8, 4) is 6.07 Å². The third-order valence-corrected chi connectivity index (χ3v) is 2.11. The van der Waals surface area contributed by atoms with Crippen LogP contribution < -0.4 is 5.56 Å². The van der Waals surface area contributed by atoms with Crippen molar-refractivity contribution >= 4 is 5.71 Å². The summed E-state index contributed by atoms with van der Waals surface area (Å²) in [5.74, 6) is -0.0578. The number of hydrogen-bond acceptors (Lipinski definition) is 4. The second-order valence-electron chi connectivity index (χ2n) is 3.21. The zero-order valence-electron chi connectivity index (χ0n) is 7.85. The van der Waals surface area contributed by atoms with E-state index in [1.54, 1.807) is 13.8 Å². The number of rotatable bonds is 0. The Kier molecular flexibility index (Phi) is 1.71. The van der Waals surface area contributed by atoms with Crippen LogP contribution in [0, 0.1) is 18.3 Å². The quantitative estimate of drug-likeness (QED) is 0.591. The van der Waals surface area contributed by atoms with Crippen molar-refractivity contribution in [1.29, 1.82) is 5.26 Å². The molecule has 1 atom stereocenters. The smallest absolute Gasteiger partial charge is 0.267 e. The summed E-state index contributed by atoms with van der Waals surface area (Å²) in [7, 11) is 0. The molecule has 0 radical (unpaired) electrons. The fourth-order valence-corrected chi connectivity index (χ4v) is 1.45. The zero-order chi connectivity index (χ0) is 10.3. The van der Waals surface area contributed by atoms with E-state index in [0.717, 1.165) is 0 Å². The monoisotopic (exact) mass is 188 g/mol. The molecule has 0 aromatic carbocycles. The summed E-state index contributed by atoms with van der Waals surface area (Å²) in [6, 6.07) is 3.47. The molecule has 0 saturated carbocycles. The van der Waals surface area contributed by atoms with E-state index < -0.39 is 5.92 Å². The summed E-state index contributed by atoms with van der Waals surface area (Å²) < 4.78 is 1.19. The molecule has 1 aromatic heterocycles. The fourth-order valence-electron chi connectivity index (χ4n) is 1.45. The number of aryl methyl sites for hydroxylation is 1. The Bertz CT molecular complexity index is 521. The lowest BCUT2D eigenvalue weighted by atomic mass is 10.1. The van der Waals surface area contributed by atoms with Gasteiger partial charge in [0.1, 0.15) is 5.92 Å². The molecule has 2 heterocycles. The van der Waals surface area contributed by atoms with Crippen LogP contribution in [0.1, 0.15) is 24.4 Å². The molecule has 70 valence electrons. The van der Waals surface area contributed by atoms with Crippen LogP contribution >= 0.6 is 0 Å². The first kappa shape index (κ1) is 8.63. The van der Waals surface area contributed by atoms with Gasteiger partial charge in [-0.15, -0.1) is 0 Å². The van der Waals surface area contributed by atoms with Gasteiger partial charge in [0.2, 0.25) is 0 Å². The lowest BCUT2D eigenvalue weighted by molar-refractivity contribution is 0.754. The van der Waals surface area contributed by atoms with Crippen molar-refractivity contribution in [2.24, 2.45) is 5.10 Å². The van der Waals surface area contributed by atoms with Crippen LogP contribution in [0.5, 0.6) is 0 Å². The van der Waals surface area contributed by atoms with Gasteiger partial charge in [-0.1, -0.05) is 0 Å². The van der Waals surface area contributed by atoms with Gasteiger partial charge in [-0.05, 0) is 13.8 Å². The first-order valence-corrected chi connectivity index (χ1v) is 4.19. The minimum absolute atomic E-state index is 0.232. The predicted octanol–water partition coefficient (Wildman–Crippen LogP) is 0.396. The summed E-state index contributed by atoms with van der Waals surface area (Å²) in [6.45, 7) is 3.45. The number of hydrogen-bond donors (Lipinski definition) is 0. The molecule has 0 spiro atoms. The molecule has 0 fully saturated rings. The Morgan fingerprint density at radius 1 is 1.57 bits per heavy atom. The van der Waals surface area contributed by atoms with Gasteiger partial charge in [-0.2, -0.15) is 15.0 Å². The third-order valence-electron chi connectivity index (χ3n) is 2.11. The van der Waals surface area contributed by atoms with Crippen LogP contribution in [0.4, 0.5) is 0 Å². The topological polar surface area (TPSA) is 71.0 Å². The number of nitriles is 1. The molecule has 0 saturated heterocycles. The van der Waals surface area contributed by atoms with E-state index in [2.05, 4.69) is 16.2 Å². The van der Waals surface area contributed by atoms with E-state index >= 15 is 0 Å². The van der Waals surface area contributed by atoms with Crippen LogP contribution in [0.25, 0.3) is 0 Å². The van der Waals surface area contributed by atoms with Gasteiger partial charge in [0.25, 0.3) is 5.56 Å². The maximum Gasteiger partial charge on any atom is 0.274 e. The van der Waals surface area contributed by atoms with Gasteiger partial charge in [-0.25, -0.2) is 4.98 Å². The third kappa shape index (κ3) is 1.04. The van der Waals surface area contributed by atoms with Crippen molar-refractivity contribution in [2.75, 3.05) is 0 Å². The maximum atomic E-state index is 11.4. The molecule has 5 heteroatoms. The molecule has 1 aromatic rings. The Hall–Kier alpha value is -1.96. The first-order valence-electron chi connectivity index (χ1n) is 4.19. The minimum atomic E-state index is -0.484. The fraction of sp³-hybridized carbons (Fsp3) is 0.333. The van der Waals surface area contributed by atoms with Crippen molar-refractivity contribution in [2.45, 2.75) is 19.8 Å². The molecule has 1 aliphatic rings. The SMILES string of the molecule is CC1=Nn2c(nc(C)cc2=O)C1C#N. The van der Waals surface area contributed by atoms with E-state index in [4.69, 9.17) is 5.26 Å². The average molecular weight is 188 g/mol. The van der Waals surface area contributed by atoms with Gasteiger partial charge in [-0.3, -0.25) is 4.79 Å². The second kappa shape index (κ2) is 2.77. The maximum absolute atomic E-state index is 11.4. The Balaban J connectivity index is 2.74. The number of aromatic nitrogens is 2. The normalized spacial score (nSPS) is 18.6. The first-order chi connectivity index (χ1) is 6.63. The minimum Gasteiger partial charge on any atom is -0.267 e. The predicted molar refractivity (Wildman–Crippen MR) is 50.1 cm³/mol.